The van der Waals surface area contributed by atoms with Gasteiger partial charge in [0.25, 0.3) is 0 Å². The first-order valence-corrected chi connectivity index (χ1v) is 15.0. The number of hydrogen-bond acceptors (Lipinski definition) is 6. The number of H-pyrrole nitrogens is 1. The predicted octanol–water partition coefficient (Wildman–Crippen LogP) is 5.00. The molecule has 1 atom stereocenters. The molecule has 2 aromatic heterocycles. The number of fused-ring (bicyclic) bond motifs is 3. The number of ether oxygens (including phenoxy) is 1. The predicted molar refractivity (Wildman–Crippen MR) is 152 cm³/mol. The summed E-state index contributed by atoms with van der Waals surface area (Å²) in [6, 6.07) is 14.0. The highest BCUT2D eigenvalue weighted by Gasteiger charge is 2.44. The number of aromatic nitrogens is 3. The molecule has 0 aliphatic heterocycles. The van der Waals surface area contributed by atoms with Gasteiger partial charge in [-0.25, -0.2) is 0 Å². The van der Waals surface area contributed by atoms with Gasteiger partial charge in [-0.3, -0.25) is 14.0 Å². The van der Waals surface area contributed by atoms with Gasteiger partial charge in [0.05, 0.1) is 12.8 Å². The fourth-order valence-electron chi connectivity index (χ4n) is 4.87. The maximum Gasteiger partial charge on any atom is 0.522 e. The summed E-state index contributed by atoms with van der Waals surface area (Å²) in [6.45, 7) is 3.66. The first-order chi connectivity index (χ1) is 19.9. The number of ketones is 1. The Balaban J connectivity index is 0.000000446. The molecular formula is C29H33F3N4O5S. The van der Waals surface area contributed by atoms with E-state index in [1.54, 1.807) is 0 Å². The van der Waals surface area contributed by atoms with Crippen molar-refractivity contribution in [3.8, 4) is 5.75 Å². The summed E-state index contributed by atoms with van der Waals surface area (Å²) < 4.78 is 65.1. The maximum absolute atomic E-state index is 13.3. The van der Waals surface area contributed by atoms with E-state index in [1.807, 2.05) is 54.3 Å². The molecule has 226 valence electrons. The Morgan fingerprint density at radius 3 is 2.62 bits per heavy atom. The number of aryl methyl sites for hydroxylation is 2. The van der Waals surface area contributed by atoms with Crippen molar-refractivity contribution in [3.05, 3.63) is 82.8 Å². The van der Waals surface area contributed by atoms with Crippen LogP contribution in [-0.2, 0) is 36.4 Å². The molecule has 13 heteroatoms. The van der Waals surface area contributed by atoms with Gasteiger partial charge < -0.3 is 15.0 Å². The van der Waals surface area contributed by atoms with E-state index in [2.05, 4.69) is 34.6 Å². The summed E-state index contributed by atoms with van der Waals surface area (Å²) in [5.41, 5.74) is 0.853. The monoisotopic (exact) mass is 606 g/mol. The first-order valence-electron chi connectivity index (χ1n) is 13.5. The highest BCUT2D eigenvalue weighted by Crippen LogP contribution is 2.31. The first kappa shape index (κ1) is 31.3. The average molecular weight is 607 g/mol. The van der Waals surface area contributed by atoms with Crippen molar-refractivity contribution >= 4 is 26.8 Å². The number of rotatable bonds is 9. The molecule has 5 rings (SSSR count). The van der Waals surface area contributed by atoms with Gasteiger partial charge in [-0.2, -0.15) is 26.7 Å². The molecule has 1 unspecified atom stereocenters. The lowest BCUT2D eigenvalue weighted by Gasteiger charge is -2.23. The minimum atomic E-state index is -5.84. The summed E-state index contributed by atoms with van der Waals surface area (Å²) >= 11 is 0. The molecule has 0 amide bonds. The summed E-state index contributed by atoms with van der Waals surface area (Å²) in [5, 5.41) is 9.15. The highest BCUT2D eigenvalue weighted by atomic mass is 32.2. The Bertz CT molecular complexity index is 1650. The van der Waals surface area contributed by atoms with E-state index in [0.717, 1.165) is 55.3 Å². The maximum atomic E-state index is 13.3. The van der Waals surface area contributed by atoms with Crippen LogP contribution in [0.1, 0.15) is 52.5 Å². The van der Waals surface area contributed by atoms with Crippen LogP contribution < -0.4 is 10.1 Å². The van der Waals surface area contributed by atoms with Gasteiger partial charge in [0.1, 0.15) is 5.75 Å². The Morgan fingerprint density at radius 2 is 1.95 bits per heavy atom. The normalized spacial score (nSPS) is 15.1. The molecule has 9 nitrogen and oxygen atoms in total. The molecule has 0 fully saturated rings. The zero-order chi connectivity index (χ0) is 30.5. The van der Waals surface area contributed by atoms with Gasteiger partial charge in [-0.1, -0.05) is 19.1 Å². The third kappa shape index (κ3) is 7.78. The van der Waals surface area contributed by atoms with Crippen LogP contribution in [0.2, 0.25) is 0 Å². The summed E-state index contributed by atoms with van der Waals surface area (Å²) in [7, 11) is -3.89. The van der Waals surface area contributed by atoms with Crippen LogP contribution in [0.25, 0.3) is 10.9 Å². The molecule has 2 aromatic carbocycles. The van der Waals surface area contributed by atoms with E-state index in [-0.39, 0.29) is 5.78 Å². The molecule has 0 bridgehead atoms. The Kier molecular flexibility index (Phi) is 9.74. The van der Waals surface area contributed by atoms with E-state index < -0.39 is 15.6 Å². The molecular weight excluding hydrogens is 573 g/mol. The Morgan fingerprint density at radius 1 is 1.21 bits per heavy atom. The number of nitrogens with zero attached hydrogens (tertiary/aromatic N) is 2. The van der Waals surface area contributed by atoms with Crippen LogP contribution in [-0.4, -0.2) is 58.2 Å². The molecule has 0 saturated heterocycles. The number of carbonyl (C=O) groups excluding carboxylic acids is 1. The molecule has 2 heterocycles. The fourth-order valence-corrected chi connectivity index (χ4v) is 4.87. The van der Waals surface area contributed by atoms with Crippen molar-refractivity contribution in [2.75, 3.05) is 13.2 Å². The number of alkyl halides is 3. The molecule has 42 heavy (non-hydrogen) atoms. The smallest absolute Gasteiger partial charge is 0.494 e. The molecule has 1 aliphatic rings. The number of halogens is 3. The number of benzene rings is 2. The number of nitrogens with one attached hydrogen (secondary N) is 2. The van der Waals surface area contributed by atoms with E-state index in [1.165, 1.54) is 16.8 Å². The van der Waals surface area contributed by atoms with Crippen LogP contribution in [0.4, 0.5) is 13.2 Å². The molecule has 0 radical (unpaired) electrons. The second-order valence-corrected chi connectivity index (χ2v) is 11.5. The van der Waals surface area contributed by atoms with E-state index in [0.29, 0.717) is 23.8 Å². The summed E-state index contributed by atoms with van der Waals surface area (Å²) in [6.07, 6.45) is 9.03. The van der Waals surface area contributed by atoms with Gasteiger partial charge >= 0.3 is 15.6 Å². The number of hydrogen-bond donors (Lipinski definition) is 3. The van der Waals surface area contributed by atoms with Crippen molar-refractivity contribution in [2.24, 2.45) is 7.05 Å². The van der Waals surface area contributed by atoms with Crippen LogP contribution in [0.5, 0.6) is 5.75 Å². The van der Waals surface area contributed by atoms with Crippen molar-refractivity contribution in [1.29, 1.82) is 0 Å². The van der Waals surface area contributed by atoms with Crippen molar-refractivity contribution in [2.45, 2.75) is 50.6 Å². The lowest BCUT2D eigenvalue weighted by Crippen LogP contribution is -2.35. The Labute approximate surface area is 241 Å². The molecule has 3 N–H and O–H groups in total. The minimum Gasteiger partial charge on any atom is -0.494 e. The SMILES string of the molecule is CCCOc1cccc(C(=O)c2ccc3[nH]c4c(c3c2)CC(NCCc2cnn(C)c2)CC4)c1.O=S(=O)(O)C(F)(F)F. The Hall–Kier alpha value is -3.68. The second kappa shape index (κ2) is 13.1. The summed E-state index contributed by atoms with van der Waals surface area (Å²) in [4.78, 5) is 16.9. The second-order valence-electron chi connectivity index (χ2n) is 10.1. The number of carbonyl (C=O) groups is 1. The number of aromatic amines is 1. The largest absolute Gasteiger partial charge is 0.522 e. The van der Waals surface area contributed by atoms with Gasteiger partial charge in [0.15, 0.2) is 5.78 Å². The standard InChI is InChI=1S/C28H32N4O2.CHF3O3S/c1-3-13-34-23-6-4-5-20(14-23)28(33)21-7-9-26-24(15-21)25-16-22(8-10-27(25)31-26)29-12-11-19-17-30-32(2)18-19;2-1(3,4)8(5,6)7/h4-7,9,14-15,17-18,22,29,31H,3,8,10-13,16H2,1-2H3;(H,5,6,7). The van der Waals surface area contributed by atoms with Crippen molar-refractivity contribution < 1.29 is 35.7 Å². The molecule has 0 spiro atoms. The van der Waals surface area contributed by atoms with Crippen LogP contribution in [0.3, 0.4) is 0 Å². The van der Waals surface area contributed by atoms with Crippen LogP contribution >= 0.6 is 0 Å². The van der Waals surface area contributed by atoms with Gasteiger partial charge in [0, 0.05) is 47.0 Å². The fraction of sp³-hybridized carbons (Fsp3) is 0.379. The van der Waals surface area contributed by atoms with E-state index in [9.17, 15) is 18.0 Å². The lowest BCUT2D eigenvalue weighted by atomic mass is 9.90. The zero-order valence-corrected chi connectivity index (χ0v) is 24.1. The zero-order valence-electron chi connectivity index (χ0n) is 23.2. The van der Waals surface area contributed by atoms with Crippen molar-refractivity contribution in [1.82, 2.24) is 20.1 Å². The van der Waals surface area contributed by atoms with Crippen LogP contribution in [0.15, 0.2) is 54.9 Å². The third-order valence-electron chi connectivity index (χ3n) is 6.92. The van der Waals surface area contributed by atoms with E-state index in [4.69, 9.17) is 17.7 Å². The topological polar surface area (TPSA) is 126 Å². The third-order valence-corrected chi connectivity index (χ3v) is 7.50. The van der Waals surface area contributed by atoms with Crippen molar-refractivity contribution in [3.63, 3.8) is 0 Å². The molecule has 0 saturated carbocycles. The van der Waals surface area contributed by atoms with Gasteiger partial charge in [0.2, 0.25) is 0 Å². The van der Waals surface area contributed by atoms with E-state index >= 15 is 0 Å². The molecule has 1 aliphatic carbocycles. The minimum absolute atomic E-state index is 0.0285. The lowest BCUT2D eigenvalue weighted by molar-refractivity contribution is -0.0510. The average Bonchev–Trinajstić information content (AvgIpc) is 3.53. The van der Waals surface area contributed by atoms with Gasteiger partial charge in [-0.05, 0) is 80.1 Å². The van der Waals surface area contributed by atoms with Gasteiger partial charge in [-0.15, -0.1) is 0 Å². The quantitative estimate of drug-likeness (QED) is 0.139. The van der Waals surface area contributed by atoms with Crippen LogP contribution in [0, 0.1) is 0 Å². The molecule has 4 aromatic rings. The summed E-state index contributed by atoms with van der Waals surface area (Å²) in [5.74, 6) is 0.772. The highest BCUT2D eigenvalue weighted by molar-refractivity contribution is 7.86.